The van der Waals surface area contributed by atoms with Crippen molar-refractivity contribution < 1.29 is 0 Å². The number of rotatable bonds is 2. The van der Waals surface area contributed by atoms with Gasteiger partial charge in [-0.15, -0.1) is 11.8 Å². The third kappa shape index (κ3) is 1.89. The zero-order valence-electron chi connectivity index (χ0n) is 8.81. The van der Waals surface area contributed by atoms with Crippen molar-refractivity contribution in [3.05, 3.63) is 0 Å². The normalized spacial score (nSPS) is 38.3. The quantitative estimate of drug-likeness (QED) is 0.733. The zero-order chi connectivity index (χ0) is 9.31. The van der Waals surface area contributed by atoms with Gasteiger partial charge in [0.05, 0.1) is 5.37 Å². The Hall–Kier alpha value is 0.310. The molecule has 1 aliphatic heterocycles. The highest BCUT2D eigenvalue weighted by atomic mass is 32.2. The molecule has 2 rings (SSSR count). The molecule has 0 bridgehead atoms. The standard InChI is InChI=1S/C11H21NS/c1-3-9-8-13-10(12-9)11(2)6-4-5-7-11/h9-10,12H,3-8H2,1-2H3. The molecule has 1 aliphatic carbocycles. The van der Waals surface area contributed by atoms with Crippen LogP contribution in [0.1, 0.15) is 46.0 Å². The van der Waals surface area contributed by atoms with E-state index in [4.69, 9.17) is 0 Å². The molecule has 2 fully saturated rings. The van der Waals surface area contributed by atoms with Gasteiger partial charge >= 0.3 is 0 Å². The Labute approximate surface area is 86.0 Å². The minimum absolute atomic E-state index is 0.606. The summed E-state index contributed by atoms with van der Waals surface area (Å²) in [6.07, 6.45) is 7.07. The topological polar surface area (TPSA) is 12.0 Å². The van der Waals surface area contributed by atoms with Crippen LogP contribution in [0.3, 0.4) is 0 Å². The van der Waals surface area contributed by atoms with E-state index in [0.717, 1.165) is 11.4 Å². The molecule has 1 N–H and O–H groups in total. The Morgan fingerprint density at radius 2 is 2.08 bits per heavy atom. The van der Waals surface area contributed by atoms with Crippen LogP contribution in [0.25, 0.3) is 0 Å². The van der Waals surface area contributed by atoms with Crippen molar-refractivity contribution in [1.29, 1.82) is 0 Å². The smallest absolute Gasteiger partial charge is 0.0589 e. The molecule has 0 amide bonds. The molecule has 76 valence electrons. The van der Waals surface area contributed by atoms with Gasteiger partial charge in [-0.2, -0.15) is 0 Å². The van der Waals surface area contributed by atoms with Crippen molar-refractivity contribution in [2.24, 2.45) is 5.41 Å². The molecule has 2 atom stereocenters. The summed E-state index contributed by atoms with van der Waals surface area (Å²) < 4.78 is 0. The molecule has 0 aromatic carbocycles. The second-order valence-corrected chi connectivity index (χ2v) is 5.98. The number of hydrogen-bond donors (Lipinski definition) is 1. The lowest BCUT2D eigenvalue weighted by Gasteiger charge is -2.30. The molecule has 1 saturated carbocycles. The van der Waals surface area contributed by atoms with E-state index >= 15 is 0 Å². The number of hydrogen-bond acceptors (Lipinski definition) is 2. The SMILES string of the molecule is CCC1CSC(C2(C)CCCC2)N1. The van der Waals surface area contributed by atoms with Crippen LogP contribution in [0, 0.1) is 5.41 Å². The molecule has 1 heterocycles. The Bertz CT molecular complexity index is 175. The summed E-state index contributed by atoms with van der Waals surface area (Å²) in [4.78, 5) is 0. The number of thioether (sulfide) groups is 1. The fraction of sp³-hybridized carbons (Fsp3) is 1.00. The molecule has 2 aliphatic rings. The first-order chi connectivity index (χ1) is 6.24. The molecule has 1 nitrogen and oxygen atoms in total. The van der Waals surface area contributed by atoms with Gasteiger partial charge < -0.3 is 5.32 Å². The Morgan fingerprint density at radius 1 is 1.38 bits per heavy atom. The molecule has 0 spiro atoms. The van der Waals surface area contributed by atoms with E-state index in [1.165, 1.54) is 37.9 Å². The van der Waals surface area contributed by atoms with Gasteiger partial charge in [0, 0.05) is 11.8 Å². The first-order valence-electron chi connectivity index (χ1n) is 5.62. The van der Waals surface area contributed by atoms with Crippen molar-refractivity contribution in [2.75, 3.05) is 5.75 Å². The Balaban J connectivity index is 1.94. The van der Waals surface area contributed by atoms with E-state index in [-0.39, 0.29) is 0 Å². The van der Waals surface area contributed by atoms with Crippen LogP contribution in [-0.2, 0) is 0 Å². The number of nitrogens with one attached hydrogen (secondary N) is 1. The highest BCUT2D eigenvalue weighted by Crippen LogP contribution is 2.46. The molecular weight excluding hydrogens is 178 g/mol. The molecule has 1 saturated heterocycles. The fourth-order valence-corrected chi connectivity index (χ4v) is 4.29. The van der Waals surface area contributed by atoms with Crippen molar-refractivity contribution >= 4 is 11.8 Å². The van der Waals surface area contributed by atoms with Crippen molar-refractivity contribution in [1.82, 2.24) is 5.32 Å². The van der Waals surface area contributed by atoms with Crippen LogP contribution in [0.15, 0.2) is 0 Å². The largest absolute Gasteiger partial charge is 0.301 e. The molecular formula is C11H21NS. The van der Waals surface area contributed by atoms with E-state index in [1.807, 2.05) is 0 Å². The predicted octanol–water partition coefficient (Wildman–Crippen LogP) is 3.01. The maximum atomic E-state index is 3.79. The lowest BCUT2D eigenvalue weighted by atomic mass is 9.88. The van der Waals surface area contributed by atoms with Crippen molar-refractivity contribution in [3.8, 4) is 0 Å². The van der Waals surface area contributed by atoms with Gasteiger partial charge in [0.15, 0.2) is 0 Å². The van der Waals surface area contributed by atoms with Gasteiger partial charge in [-0.1, -0.05) is 26.7 Å². The maximum Gasteiger partial charge on any atom is 0.0589 e. The molecule has 13 heavy (non-hydrogen) atoms. The summed E-state index contributed by atoms with van der Waals surface area (Å²) in [6.45, 7) is 4.76. The van der Waals surface area contributed by atoms with Crippen LogP contribution in [0.4, 0.5) is 0 Å². The predicted molar refractivity (Wildman–Crippen MR) is 60.0 cm³/mol. The zero-order valence-corrected chi connectivity index (χ0v) is 9.62. The van der Waals surface area contributed by atoms with Gasteiger partial charge in [-0.25, -0.2) is 0 Å². The van der Waals surface area contributed by atoms with Crippen LogP contribution >= 0.6 is 11.8 Å². The summed E-state index contributed by atoms with van der Waals surface area (Å²) in [7, 11) is 0. The van der Waals surface area contributed by atoms with Crippen LogP contribution in [0.2, 0.25) is 0 Å². The monoisotopic (exact) mass is 199 g/mol. The Kier molecular flexibility index (Phi) is 2.89. The van der Waals surface area contributed by atoms with Crippen molar-refractivity contribution in [2.45, 2.75) is 57.4 Å². The molecule has 2 heteroatoms. The molecule has 2 unspecified atom stereocenters. The average Bonchev–Trinajstić information content (AvgIpc) is 2.72. The van der Waals surface area contributed by atoms with E-state index in [0.29, 0.717) is 5.41 Å². The van der Waals surface area contributed by atoms with Gasteiger partial charge in [-0.05, 0) is 24.7 Å². The minimum atomic E-state index is 0.606. The summed E-state index contributed by atoms with van der Waals surface area (Å²) in [5.41, 5.74) is 0.606. The lowest BCUT2D eigenvalue weighted by Crippen LogP contribution is -2.39. The van der Waals surface area contributed by atoms with Crippen LogP contribution in [-0.4, -0.2) is 17.2 Å². The van der Waals surface area contributed by atoms with Gasteiger partial charge in [0.2, 0.25) is 0 Å². The van der Waals surface area contributed by atoms with E-state index in [1.54, 1.807) is 0 Å². The fourth-order valence-electron chi connectivity index (χ4n) is 2.61. The van der Waals surface area contributed by atoms with E-state index in [2.05, 4.69) is 30.9 Å². The first-order valence-corrected chi connectivity index (χ1v) is 6.67. The summed E-state index contributed by atoms with van der Waals surface area (Å²) in [5, 5.41) is 4.54. The lowest BCUT2D eigenvalue weighted by molar-refractivity contribution is 0.284. The second-order valence-electron chi connectivity index (χ2n) is 4.85. The van der Waals surface area contributed by atoms with Gasteiger partial charge in [0.25, 0.3) is 0 Å². The summed E-state index contributed by atoms with van der Waals surface area (Å²) in [6, 6.07) is 0.785. The molecule has 0 radical (unpaired) electrons. The summed E-state index contributed by atoms with van der Waals surface area (Å²) in [5.74, 6) is 1.33. The summed E-state index contributed by atoms with van der Waals surface area (Å²) >= 11 is 2.16. The highest BCUT2D eigenvalue weighted by molar-refractivity contribution is 8.00. The third-order valence-corrected chi connectivity index (χ3v) is 5.36. The van der Waals surface area contributed by atoms with Crippen LogP contribution in [0.5, 0.6) is 0 Å². The highest BCUT2D eigenvalue weighted by Gasteiger charge is 2.40. The third-order valence-electron chi connectivity index (χ3n) is 3.72. The van der Waals surface area contributed by atoms with Gasteiger partial charge in [-0.3, -0.25) is 0 Å². The van der Waals surface area contributed by atoms with Crippen molar-refractivity contribution in [3.63, 3.8) is 0 Å². The maximum absolute atomic E-state index is 3.79. The van der Waals surface area contributed by atoms with Crippen LogP contribution < -0.4 is 5.32 Å². The first kappa shape index (κ1) is 9.85. The van der Waals surface area contributed by atoms with Gasteiger partial charge in [0.1, 0.15) is 0 Å². The Morgan fingerprint density at radius 3 is 2.62 bits per heavy atom. The molecule has 0 aromatic heterocycles. The minimum Gasteiger partial charge on any atom is -0.301 e. The van der Waals surface area contributed by atoms with E-state index < -0.39 is 0 Å². The molecule has 0 aromatic rings. The average molecular weight is 199 g/mol. The second kappa shape index (κ2) is 3.82. The van der Waals surface area contributed by atoms with E-state index in [9.17, 15) is 0 Å².